The molecule has 0 saturated heterocycles. The quantitative estimate of drug-likeness (QED) is 0.677. The molecule has 0 N–H and O–H groups in total. The summed E-state index contributed by atoms with van der Waals surface area (Å²) in [5.74, 6) is 1.19. The maximum absolute atomic E-state index is 12.4. The van der Waals surface area contributed by atoms with Gasteiger partial charge in [-0.2, -0.15) is 4.99 Å². The van der Waals surface area contributed by atoms with Gasteiger partial charge in [0.25, 0.3) is 5.91 Å². The maximum Gasteiger partial charge on any atom is 0.252 e. The number of benzene rings is 2. The van der Waals surface area contributed by atoms with Crippen molar-refractivity contribution in [2.24, 2.45) is 4.99 Å². The monoisotopic (exact) mass is 352 g/mol. The van der Waals surface area contributed by atoms with Crippen LogP contribution in [-0.4, -0.2) is 17.3 Å². The Morgan fingerprint density at radius 2 is 2.08 bits per heavy atom. The summed E-state index contributed by atoms with van der Waals surface area (Å²) < 4.78 is 13.7. The van der Waals surface area contributed by atoms with E-state index in [1.54, 1.807) is 6.08 Å². The Labute approximate surface area is 148 Å². The molecular formula is C19H16N2O3S. The Hall–Kier alpha value is -2.86. The van der Waals surface area contributed by atoms with E-state index >= 15 is 0 Å². The number of rotatable bonds is 4. The van der Waals surface area contributed by atoms with Gasteiger partial charge in [-0.25, -0.2) is 0 Å². The van der Waals surface area contributed by atoms with E-state index < -0.39 is 0 Å². The number of aromatic nitrogens is 1. The minimum absolute atomic E-state index is 0.191. The average molecular weight is 352 g/mol. The van der Waals surface area contributed by atoms with E-state index in [1.807, 2.05) is 47.0 Å². The van der Waals surface area contributed by atoms with Crippen LogP contribution < -0.4 is 14.3 Å². The third-order valence-corrected chi connectivity index (χ3v) is 4.97. The molecule has 0 aliphatic carbocycles. The van der Waals surface area contributed by atoms with Crippen molar-refractivity contribution in [1.29, 1.82) is 0 Å². The van der Waals surface area contributed by atoms with Crippen LogP contribution in [0.5, 0.6) is 11.5 Å². The molecule has 6 heteroatoms. The maximum atomic E-state index is 12.4. The number of carbonyl (C=O) groups excluding carboxylic acids is 1. The van der Waals surface area contributed by atoms with E-state index in [4.69, 9.17) is 9.47 Å². The Morgan fingerprint density at radius 3 is 2.96 bits per heavy atom. The van der Waals surface area contributed by atoms with Crippen LogP contribution in [0.1, 0.15) is 5.56 Å². The molecule has 0 radical (unpaired) electrons. The van der Waals surface area contributed by atoms with Gasteiger partial charge < -0.3 is 14.0 Å². The van der Waals surface area contributed by atoms with Crippen LogP contribution >= 0.6 is 11.3 Å². The largest absolute Gasteiger partial charge is 0.454 e. The molecule has 0 fully saturated rings. The lowest BCUT2D eigenvalue weighted by molar-refractivity contribution is -0.117. The Kier molecular flexibility index (Phi) is 4.11. The van der Waals surface area contributed by atoms with E-state index in [9.17, 15) is 4.79 Å². The zero-order valence-corrected chi connectivity index (χ0v) is 14.3. The van der Waals surface area contributed by atoms with Crippen LogP contribution in [0.25, 0.3) is 10.2 Å². The number of ether oxygens (including phenoxy) is 2. The number of amides is 1. The number of hydrogen-bond acceptors (Lipinski definition) is 4. The van der Waals surface area contributed by atoms with Crippen molar-refractivity contribution in [3.63, 3.8) is 0 Å². The lowest BCUT2D eigenvalue weighted by Crippen LogP contribution is -2.16. The predicted octanol–water partition coefficient (Wildman–Crippen LogP) is 3.29. The second-order valence-electron chi connectivity index (χ2n) is 5.62. The molecular weight excluding hydrogens is 336 g/mol. The molecule has 2 aromatic carbocycles. The molecule has 0 atom stereocenters. The first kappa shape index (κ1) is 15.7. The number of nitrogens with zero attached hydrogens (tertiary/aromatic N) is 2. The van der Waals surface area contributed by atoms with E-state index in [0.29, 0.717) is 22.8 Å². The highest BCUT2D eigenvalue weighted by Crippen LogP contribution is 2.32. The first-order valence-corrected chi connectivity index (χ1v) is 8.71. The zero-order chi connectivity index (χ0) is 17.2. The van der Waals surface area contributed by atoms with Crippen molar-refractivity contribution in [2.45, 2.75) is 13.0 Å². The molecule has 4 rings (SSSR count). The molecule has 0 spiro atoms. The Balaban J connectivity index is 1.66. The van der Waals surface area contributed by atoms with Crippen LogP contribution in [0.3, 0.4) is 0 Å². The van der Waals surface area contributed by atoms with Gasteiger partial charge in [-0.05, 0) is 29.8 Å². The fraction of sp³-hybridized carbons (Fsp3) is 0.158. The summed E-state index contributed by atoms with van der Waals surface area (Å²) >= 11 is 1.51. The molecule has 1 aromatic heterocycles. The summed E-state index contributed by atoms with van der Waals surface area (Å²) in [4.78, 5) is 17.5. The van der Waals surface area contributed by atoms with Gasteiger partial charge in [0.1, 0.15) is 0 Å². The molecule has 25 heavy (non-hydrogen) atoms. The van der Waals surface area contributed by atoms with Crippen LogP contribution in [0.4, 0.5) is 0 Å². The number of fused-ring (bicyclic) bond motifs is 2. The molecule has 0 bridgehead atoms. The molecule has 0 saturated carbocycles. The Bertz CT molecular complexity index is 1030. The molecule has 1 aliphatic rings. The van der Waals surface area contributed by atoms with Crippen LogP contribution in [0, 0.1) is 0 Å². The molecule has 0 unspecified atom stereocenters. The second kappa shape index (κ2) is 6.57. The van der Waals surface area contributed by atoms with Crippen LogP contribution in [0.2, 0.25) is 0 Å². The minimum Gasteiger partial charge on any atom is -0.454 e. The number of thiazole rings is 1. The van der Waals surface area contributed by atoms with Gasteiger partial charge in [0.15, 0.2) is 16.3 Å². The first-order valence-electron chi connectivity index (χ1n) is 7.90. The Morgan fingerprint density at radius 1 is 1.24 bits per heavy atom. The zero-order valence-electron chi connectivity index (χ0n) is 13.5. The van der Waals surface area contributed by atoms with Gasteiger partial charge in [0, 0.05) is 6.54 Å². The summed E-state index contributed by atoms with van der Waals surface area (Å²) in [5, 5.41) is 0. The number of para-hydroxylation sites is 1. The predicted molar refractivity (Wildman–Crippen MR) is 96.9 cm³/mol. The molecule has 1 amide bonds. The normalized spacial score (nSPS) is 13.4. The number of hydrogen-bond donors (Lipinski definition) is 0. The molecule has 5 nitrogen and oxygen atoms in total. The average Bonchev–Trinajstić information content (AvgIpc) is 3.20. The number of carbonyl (C=O) groups is 1. The first-order chi connectivity index (χ1) is 12.2. The van der Waals surface area contributed by atoms with Crippen molar-refractivity contribution in [1.82, 2.24) is 4.57 Å². The van der Waals surface area contributed by atoms with Gasteiger partial charge in [-0.1, -0.05) is 35.6 Å². The lowest BCUT2D eigenvalue weighted by atomic mass is 10.1. The van der Waals surface area contributed by atoms with E-state index in [2.05, 4.69) is 11.6 Å². The summed E-state index contributed by atoms with van der Waals surface area (Å²) in [7, 11) is 0. The van der Waals surface area contributed by atoms with Crippen LogP contribution in [-0.2, 0) is 17.8 Å². The van der Waals surface area contributed by atoms with Crippen molar-refractivity contribution in [3.05, 3.63) is 65.5 Å². The smallest absolute Gasteiger partial charge is 0.252 e. The summed E-state index contributed by atoms with van der Waals surface area (Å²) in [6.45, 7) is 4.63. The lowest BCUT2D eigenvalue weighted by Gasteiger charge is -2.01. The van der Waals surface area contributed by atoms with E-state index in [0.717, 1.165) is 15.8 Å². The highest BCUT2D eigenvalue weighted by molar-refractivity contribution is 7.16. The molecule has 3 aromatic rings. The molecule has 126 valence electrons. The van der Waals surface area contributed by atoms with Crippen molar-refractivity contribution in [2.75, 3.05) is 6.79 Å². The van der Waals surface area contributed by atoms with Gasteiger partial charge in [-0.3, -0.25) is 4.79 Å². The third kappa shape index (κ3) is 3.08. The van der Waals surface area contributed by atoms with Crippen molar-refractivity contribution < 1.29 is 14.3 Å². The van der Waals surface area contributed by atoms with Gasteiger partial charge >= 0.3 is 0 Å². The number of allylic oxidation sites excluding steroid dienone is 1. The topological polar surface area (TPSA) is 52.8 Å². The van der Waals surface area contributed by atoms with Gasteiger partial charge in [-0.15, -0.1) is 6.58 Å². The fourth-order valence-corrected chi connectivity index (χ4v) is 3.84. The standard InChI is InChI=1S/C19H16N2O3S/c1-2-9-21-14-5-3-4-6-17(14)25-19(21)20-18(22)11-13-7-8-15-16(10-13)24-12-23-15/h2-8,10H,1,9,11-12H2. The molecule has 2 heterocycles. The van der Waals surface area contributed by atoms with Crippen molar-refractivity contribution >= 4 is 27.5 Å². The fourth-order valence-electron chi connectivity index (χ4n) is 2.78. The van der Waals surface area contributed by atoms with E-state index in [1.165, 1.54) is 11.3 Å². The summed E-state index contributed by atoms with van der Waals surface area (Å²) in [6, 6.07) is 13.5. The second-order valence-corrected chi connectivity index (χ2v) is 6.63. The highest BCUT2D eigenvalue weighted by Gasteiger charge is 2.14. The van der Waals surface area contributed by atoms with Gasteiger partial charge in [0.2, 0.25) is 6.79 Å². The third-order valence-electron chi connectivity index (χ3n) is 3.91. The summed E-state index contributed by atoms with van der Waals surface area (Å²) in [5.41, 5.74) is 1.91. The van der Waals surface area contributed by atoms with Crippen molar-refractivity contribution in [3.8, 4) is 11.5 Å². The molecule has 1 aliphatic heterocycles. The van der Waals surface area contributed by atoms with Crippen LogP contribution in [0.15, 0.2) is 60.1 Å². The summed E-state index contributed by atoms with van der Waals surface area (Å²) in [6.07, 6.45) is 2.03. The van der Waals surface area contributed by atoms with Gasteiger partial charge in [0.05, 0.1) is 16.6 Å². The SMILES string of the molecule is C=CCn1c(=NC(=O)Cc2ccc3c(c2)OCO3)sc2ccccc21. The minimum atomic E-state index is -0.191. The highest BCUT2D eigenvalue weighted by atomic mass is 32.1. The van der Waals surface area contributed by atoms with E-state index in [-0.39, 0.29) is 19.1 Å².